The molecule has 0 spiro atoms. The summed E-state index contributed by atoms with van der Waals surface area (Å²) in [7, 11) is -3.77. The Morgan fingerprint density at radius 3 is 2.83 bits per heavy atom. The molecule has 0 aliphatic rings. The molecular weight excluding hydrogens is 282 g/mol. The molecule has 10 heteroatoms. The average molecular weight is 289 g/mol. The lowest BCUT2D eigenvalue weighted by Gasteiger charge is -2.00. The second kappa shape index (κ2) is 4.84. The Hall–Kier alpha value is -1.78. The number of thiophene rings is 1. The Balaban J connectivity index is 2.12. The van der Waals surface area contributed by atoms with Gasteiger partial charge in [0, 0.05) is 0 Å². The van der Waals surface area contributed by atoms with Gasteiger partial charge in [0.1, 0.15) is 9.09 Å². The molecule has 2 heterocycles. The van der Waals surface area contributed by atoms with Crippen molar-refractivity contribution in [1.29, 1.82) is 0 Å². The van der Waals surface area contributed by atoms with Gasteiger partial charge in [-0.3, -0.25) is 0 Å². The molecule has 0 aliphatic carbocycles. The van der Waals surface area contributed by atoms with Crippen LogP contribution < -0.4 is 4.72 Å². The van der Waals surface area contributed by atoms with Gasteiger partial charge in [-0.25, -0.2) is 17.9 Å². The summed E-state index contributed by atoms with van der Waals surface area (Å²) in [6.07, 6.45) is 1.08. The number of sulfonamides is 1. The van der Waals surface area contributed by atoms with Crippen molar-refractivity contribution in [2.45, 2.75) is 10.8 Å². The van der Waals surface area contributed by atoms with Crippen LogP contribution in [0.15, 0.2) is 27.3 Å². The van der Waals surface area contributed by atoms with E-state index in [-0.39, 0.29) is 21.5 Å². The Labute approximate surface area is 105 Å². The predicted molar refractivity (Wildman–Crippen MR) is 59.6 cm³/mol. The molecule has 0 amide bonds. The highest BCUT2D eigenvalue weighted by molar-refractivity contribution is 7.91. The monoisotopic (exact) mass is 289 g/mol. The lowest BCUT2D eigenvalue weighted by molar-refractivity contribution is 0.0702. The molecule has 18 heavy (non-hydrogen) atoms. The quantitative estimate of drug-likeness (QED) is 0.811. The molecule has 0 radical (unpaired) electrons. The fourth-order valence-electron chi connectivity index (χ4n) is 1.08. The molecule has 0 fully saturated rings. The largest absolute Gasteiger partial charge is 0.477 e. The van der Waals surface area contributed by atoms with Crippen LogP contribution in [-0.4, -0.2) is 29.6 Å². The van der Waals surface area contributed by atoms with E-state index in [1.54, 1.807) is 0 Å². The number of nitrogens with zero attached hydrogens (tertiary/aromatic N) is 2. The molecule has 0 bridgehead atoms. The van der Waals surface area contributed by atoms with E-state index in [9.17, 15) is 13.2 Å². The maximum atomic E-state index is 11.8. The summed E-state index contributed by atoms with van der Waals surface area (Å²) in [5.41, 5.74) is 0. The maximum Gasteiger partial charge on any atom is 0.345 e. The van der Waals surface area contributed by atoms with Gasteiger partial charge in [-0.15, -0.1) is 11.3 Å². The minimum Gasteiger partial charge on any atom is -0.477 e. The van der Waals surface area contributed by atoms with Crippen molar-refractivity contribution in [2.75, 3.05) is 0 Å². The average Bonchev–Trinajstić information content (AvgIpc) is 2.98. The summed E-state index contributed by atoms with van der Waals surface area (Å²) in [4.78, 5) is 14.3. The van der Waals surface area contributed by atoms with Crippen molar-refractivity contribution in [3.63, 3.8) is 0 Å². The standard InChI is InChI=1S/C8H7N3O5S2/c12-8(13)5-1-2-7(17-5)18(14,15)10-3-6-9-4-16-11-6/h1-2,4,10H,3H2,(H,12,13). The number of hydrogen-bond donors (Lipinski definition) is 2. The first-order valence-electron chi connectivity index (χ1n) is 4.57. The first-order chi connectivity index (χ1) is 8.49. The summed E-state index contributed by atoms with van der Waals surface area (Å²) >= 11 is 0.671. The van der Waals surface area contributed by atoms with Crippen LogP contribution in [0.3, 0.4) is 0 Å². The number of aromatic nitrogens is 2. The van der Waals surface area contributed by atoms with E-state index in [1.165, 1.54) is 12.1 Å². The molecule has 0 aromatic carbocycles. The topological polar surface area (TPSA) is 122 Å². The first-order valence-corrected chi connectivity index (χ1v) is 6.87. The molecule has 2 rings (SSSR count). The third kappa shape index (κ3) is 2.72. The molecule has 96 valence electrons. The van der Waals surface area contributed by atoms with E-state index in [2.05, 4.69) is 19.4 Å². The smallest absolute Gasteiger partial charge is 0.345 e. The number of hydrogen-bond acceptors (Lipinski definition) is 7. The molecular formula is C8H7N3O5S2. The SMILES string of the molecule is O=C(O)c1ccc(S(=O)(=O)NCc2ncon2)s1. The number of nitrogens with one attached hydrogen (secondary N) is 1. The van der Waals surface area contributed by atoms with Crippen molar-refractivity contribution < 1.29 is 22.8 Å². The van der Waals surface area contributed by atoms with Crippen molar-refractivity contribution in [2.24, 2.45) is 0 Å². The van der Waals surface area contributed by atoms with Crippen molar-refractivity contribution >= 4 is 27.3 Å². The Morgan fingerprint density at radius 1 is 1.50 bits per heavy atom. The van der Waals surface area contributed by atoms with Crippen molar-refractivity contribution in [1.82, 2.24) is 14.9 Å². The van der Waals surface area contributed by atoms with Crippen LogP contribution in [0.5, 0.6) is 0 Å². The van der Waals surface area contributed by atoms with E-state index in [1.807, 2.05) is 0 Å². The van der Waals surface area contributed by atoms with E-state index in [0.29, 0.717) is 11.3 Å². The summed E-state index contributed by atoms with van der Waals surface area (Å²) < 4.78 is 30.2. The zero-order chi connectivity index (χ0) is 13.2. The number of carbonyl (C=O) groups is 1. The number of carboxylic acid groups (broad SMARTS) is 1. The van der Waals surface area contributed by atoms with Gasteiger partial charge in [-0.1, -0.05) is 5.16 Å². The summed E-state index contributed by atoms with van der Waals surface area (Å²) in [5, 5.41) is 12.1. The highest BCUT2D eigenvalue weighted by atomic mass is 32.2. The number of rotatable bonds is 5. The van der Waals surface area contributed by atoms with E-state index >= 15 is 0 Å². The van der Waals surface area contributed by atoms with Crippen LogP contribution in [0.1, 0.15) is 15.5 Å². The zero-order valence-electron chi connectivity index (χ0n) is 8.73. The van der Waals surface area contributed by atoms with Gasteiger partial charge in [-0.2, -0.15) is 4.98 Å². The molecule has 0 atom stereocenters. The summed E-state index contributed by atoms with van der Waals surface area (Å²) in [6, 6.07) is 2.46. The van der Waals surface area contributed by atoms with Crippen LogP contribution in [0.2, 0.25) is 0 Å². The second-order valence-corrected chi connectivity index (χ2v) is 6.17. The highest BCUT2D eigenvalue weighted by Gasteiger charge is 2.19. The number of carboxylic acids is 1. The van der Waals surface area contributed by atoms with Gasteiger partial charge in [0.25, 0.3) is 0 Å². The minimum atomic E-state index is -3.77. The molecule has 2 aromatic rings. The lowest BCUT2D eigenvalue weighted by atomic mass is 10.5. The molecule has 2 N–H and O–H groups in total. The molecule has 0 saturated heterocycles. The Bertz CT molecular complexity index is 646. The minimum absolute atomic E-state index is 0.0464. The molecule has 0 unspecified atom stereocenters. The van der Waals surface area contributed by atoms with Gasteiger partial charge in [-0.05, 0) is 12.1 Å². The zero-order valence-corrected chi connectivity index (χ0v) is 10.4. The fraction of sp³-hybridized carbons (Fsp3) is 0.125. The molecule has 8 nitrogen and oxygen atoms in total. The Morgan fingerprint density at radius 2 is 2.28 bits per heavy atom. The highest BCUT2D eigenvalue weighted by Crippen LogP contribution is 2.21. The van der Waals surface area contributed by atoms with E-state index in [0.717, 1.165) is 6.39 Å². The van der Waals surface area contributed by atoms with E-state index < -0.39 is 16.0 Å². The van der Waals surface area contributed by atoms with Gasteiger partial charge < -0.3 is 9.63 Å². The fourth-order valence-corrected chi connectivity index (χ4v) is 3.25. The van der Waals surface area contributed by atoms with Crippen LogP contribution >= 0.6 is 11.3 Å². The summed E-state index contributed by atoms with van der Waals surface area (Å²) in [5.74, 6) is -0.979. The van der Waals surface area contributed by atoms with Crippen LogP contribution in [0.4, 0.5) is 0 Å². The van der Waals surface area contributed by atoms with Gasteiger partial charge >= 0.3 is 5.97 Å². The van der Waals surface area contributed by atoms with Crippen LogP contribution in [-0.2, 0) is 16.6 Å². The van der Waals surface area contributed by atoms with Crippen molar-refractivity contribution in [3.05, 3.63) is 29.2 Å². The molecule has 2 aromatic heterocycles. The first kappa shape index (κ1) is 12.7. The Kier molecular flexibility index (Phi) is 3.41. The number of aromatic carboxylic acids is 1. The molecule has 0 saturated carbocycles. The van der Waals surface area contributed by atoms with Gasteiger partial charge in [0.05, 0.1) is 6.54 Å². The third-order valence-electron chi connectivity index (χ3n) is 1.88. The van der Waals surface area contributed by atoms with Crippen LogP contribution in [0, 0.1) is 0 Å². The van der Waals surface area contributed by atoms with Gasteiger partial charge in [0.15, 0.2) is 5.82 Å². The maximum absolute atomic E-state index is 11.8. The lowest BCUT2D eigenvalue weighted by Crippen LogP contribution is -2.22. The predicted octanol–water partition coefficient (Wildman–Crippen LogP) is 0.308. The van der Waals surface area contributed by atoms with E-state index in [4.69, 9.17) is 5.11 Å². The normalized spacial score (nSPS) is 11.6. The second-order valence-electron chi connectivity index (χ2n) is 3.10. The third-order valence-corrected chi connectivity index (χ3v) is 4.85. The summed E-state index contributed by atoms with van der Waals surface area (Å²) in [6.45, 7) is -0.126. The van der Waals surface area contributed by atoms with Crippen LogP contribution in [0.25, 0.3) is 0 Å². The molecule has 0 aliphatic heterocycles. The van der Waals surface area contributed by atoms with Crippen molar-refractivity contribution in [3.8, 4) is 0 Å². The van der Waals surface area contributed by atoms with Gasteiger partial charge in [0.2, 0.25) is 16.4 Å².